The molecule has 1 N–H and O–H groups in total. The summed E-state index contributed by atoms with van der Waals surface area (Å²) in [5, 5.41) is 4.37. The molecule has 0 fully saturated rings. The second kappa shape index (κ2) is 4.98. The standard InChI is InChI=1S/C18H13BClN/c20-17-12-6-10-15-14-9-4-5-11-16(14)19(21-18(15)17)13-7-2-1-3-8-13/h1-12,21H. The number of hydrogen-bond acceptors (Lipinski definition) is 1. The molecule has 1 aliphatic heterocycles. The lowest BCUT2D eigenvalue weighted by Crippen LogP contribution is -2.51. The summed E-state index contributed by atoms with van der Waals surface area (Å²) >= 11 is 6.40. The first-order valence-electron chi connectivity index (χ1n) is 7.04. The van der Waals surface area contributed by atoms with Crippen LogP contribution in [0.4, 0.5) is 5.69 Å². The molecule has 0 bridgehead atoms. The molecular formula is C18H13BClN. The van der Waals surface area contributed by atoms with E-state index in [4.69, 9.17) is 11.6 Å². The van der Waals surface area contributed by atoms with Crippen LogP contribution in [0.1, 0.15) is 0 Å². The molecule has 0 unspecified atom stereocenters. The van der Waals surface area contributed by atoms with E-state index in [2.05, 4.69) is 59.8 Å². The number of nitrogens with one attached hydrogen (secondary N) is 1. The number of anilines is 1. The average molecular weight is 290 g/mol. The van der Waals surface area contributed by atoms with Crippen molar-refractivity contribution in [2.75, 3.05) is 5.23 Å². The highest BCUT2D eigenvalue weighted by molar-refractivity contribution is 6.89. The Hall–Kier alpha value is -2.19. The molecule has 3 aromatic rings. The molecule has 0 saturated carbocycles. The lowest BCUT2D eigenvalue weighted by molar-refractivity contribution is 1.57. The van der Waals surface area contributed by atoms with Gasteiger partial charge in [-0.25, -0.2) is 0 Å². The molecule has 1 heterocycles. The normalized spacial score (nSPS) is 12.3. The first kappa shape index (κ1) is 12.5. The van der Waals surface area contributed by atoms with E-state index in [1.54, 1.807) is 0 Å². The molecule has 4 rings (SSSR count). The summed E-state index contributed by atoms with van der Waals surface area (Å²) in [6.45, 7) is 0.134. The third kappa shape index (κ3) is 2.03. The van der Waals surface area contributed by atoms with Crippen molar-refractivity contribution < 1.29 is 0 Å². The number of rotatable bonds is 1. The van der Waals surface area contributed by atoms with Gasteiger partial charge in [0.1, 0.15) is 0 Å². The van der Waals surface area contributed by atoms with Crippen LogP contribution in [-0.2, 0) is 0 Å². The topological polar surface area (TPSA) is 12.0 Å². The summed E-state index contributed by atoms with van der Waals surface area (Å²) < 4.78 is 0. The van der Waals surface area contributed by atoms with Gasteiger partial charge >= 0.3 is 6.85 Å². The van der Waals surface area contributed by atoms with Crippen LogP contribution >= 0.6 is 11.6 Å². The minimum atomic E-state index is 0.134. The molecule has 100 valence electrons. The van der Waals surface area contributed by atoms with Crippen LogP contribution in [0.3, 0.4) is 0 Å². The first-order valence-corrected chi connectivity index (χ1v) is 7.42. The predicted octanol–water partition coefficient (Wildman–Crippen LogP) is 3.54. The van der Waals surface area contributed by atoms with Crippen LogP contribution in [0.5, 0.6) is 0 Å². The van der Waals surface area contributed by atoms with E-state index >= 15 is 0 Å². The van der Waals surface area contributed by atoms with Crippen molar-refractivity contribution in [3.05, 3.63) is 77.8 Å². The summed E-state index contributed by atoms with van der Waals surface area (Å²) in [7, 11) is 0. The van der Waals surface area contributed by atoms with E-state index < -0.39 is 0 Å². The van der Waals surface area contributed by atoms with E-state index in [1.807, 2.05) is 18.2 Å². The fourth-order valence-electron chi connectivity index (χ4n) is 3.02. The van der Waals surface area contributed by atoms with Crippen molar-refractivity contribution in [2.24, 2.45) is 0 Å². The van der Waals surface area contributed by atoms with E-state index in [0.717, 1.165) is 10.7 Å². The number of hydrogen-bond donors (Lipinski definition) is 1. The van der Waals surface area contributed by atoms with Gasteiger partial charge in [0.25, 0.3) is 0 Å². The molecule has 0 spiro atoms. The first-order chi connectivity index (χ1) is 10.3. The zero-order valence-electron chi connectivity index (χ0n) is 11.4. The van der Waals surface area contributed by atoms with Gasteiger partial charge in [0.15, 0.2) is 0 Å². The van der Waals surface area contributed by atoms with Gasteiger partial charge in [-0.15, -0.1) is 0 Å². The third-order valence-corrected chi connectivity index (χ3v) is 4.31. The average Bonchev–Trinajstić information content (AvgIpc) is 2.55. The lowest BCUT2D eigenvalue weighted by Gasteiger charge is -2.28. The van der Waals surface area contributed by atoms with E-state index in [-0.39, 0.29) is 6.85 Å². The Morgan fingerprint density at radius 2 is 1.43 bits per heavy atom. The molecule has 0 radical (unpaired) electrons. The fraction of sp³-hybridized carbons (Fsp3) is 0. The molecule has 21 heavy (non-hydrogen) atoms. The molecular weight excluding hydrogens is 276 g/mol. The Kier molecular flexibility index (Phi) is 2.97. The smallest absolute Gasteiger partial charge is 0.321 e. The van der Waals surface area contributed by atoms with Crippen LogP contribution in [-0.4, -0.2) is 6.85 Å². The summed E-state index contributed by atoms with van der Waals surface area (Å²) in [5.74, 6) is 0. The Morgan fingerprint density at radius 1 is 0.714 bits per heavy atom. The van der Waals surface area contributed by atoms with Crippen LogP contribution < -0.4 is 16.2 Å². The summed E-state index contributed by atoms with van der Waals surface area (Å²) in [5.41, 5.74) is 5.98. The SMILES string of the molecule is Clc1cccc2c1NB(c1ccccc1)c1ccccc1-2. The van der Waals surface area contributed by atoms with E-state index in [0.29, 0.717) is 0 Å². The highest BCUT2D eigenvalue weighted by atomic mass is 35.5. The number of fused-ring (bicyclic) bond motifs is 3. The van der Waals surface area contributed by atoms with Crippen molar-refractivity contribution in [1.82, 2.24) is 0 Å². The van der Waals surface area contributed by atoms with Crippen molar-refractivity contribution in [3.63, 3.8) is 0 Å². The zero-order valence-corrected chi connectivity index (χ0v) is 12.1. The summed E-state index contributed by atoms with van der Waals surface area (Å²) in [6, 6.07) is 25.1. The number of para-hydroxylation sites is 1. The van der Waals surface area contributed by atoms with Crippen molar-refractivity contribution in [2.45, 2.75) is 0 Å². The van der Waals surface area contributed by atoms with Gasteiger partial charge in [-0.3, -0.25) is 0 Å². The Balaban J connectivity index is 1.96. The second-order valence-electron chi connectivity index (χ2n) is 5.24. The van der Waals surface area contributed by atoms with Crippen LogP contribution in [0.25, 0.3) is 11.1 Å². The van der Waals surface area contributed by atoms with Gasteiger partial charge < -0.3 is 5.23 Å². The van der Waals surface area contributed by atoms with Gasteiger partial charge in [0, 0.05) is 11.3 Å². The van der Waals surface area contributed by atoms with Gasteiger partial charge in [0.05, 0.1) is 5.02 Å². The Bertz CT molecular complexity index is 801. The highest BCUT2D eigenvalue weighted by Gasteiger charge is 2.29. The zero-order chi connectivity index (χ0) is 14.2. The molecule has 1 nitrogen and oxygen atoms in total. The monoisotopic (exact) mass is 289 g/mol. The molecule has 0 aromatic heterocycles. The minimum absolute atomic E-state index is 0.134. The summed E-state index contributed by atoms with van der Waals surface area (Å²) in [4.78, 5) is 0. The van der Waals surface area contributed by atoms with E-state index in [1.165, 1.54) is 22.1 Å². The lowest BCUT2D eigenvalue weighted by atomic mass is 9.48. The summed E-state index contributed by atoms with van der Waals surface area (Å²) in [6.07, 6.45) is 0. The van der Waals surface area contributed by atoms with Crippen LogP contribution in [0.2, 0.25) is 5.02 Å². The molecule has 0 atom stereocenters. The molecule has 3 heteroatoms. The van der Waals surface area contributed by atoms with Crippen LogP contribution in [0.15, 0.2) is 72.8 Å². The van der Waals surface area contributed by atoms with Crippen molar-refractivity contribution in [1.29, 1.82) is 0 Å². The Labute approximate surface area is 129 Å². The third-order valence-electron chi connectivity index (χ3n) is 4.00. The molecule has 1 aliphatic rings. The Morgan fingerprint density at radius 3 is 2.29 bits per heavy atom. The maximum Gasteiger partial charge on any atom is 0.321 e. The quantitative estimate of drug-likeness (QED) is 0.676. The van der Waals surface area contributed by atoms with Gasteiger partial charge in [-0.1, -0.05) is 83.8 Å². The van der Waals surface area contributed by atoms with Gasteiger partial charge in [-0.2, -0.15) is 0 Å². The fourth-order valence-corrected chi connectivity index (χ4v) is 3.25. The van der Waals surface area contributed by atoms with Crippen molar-refractivity contribution >= 4 is 35.1 Å². The van der Waals surface area contributed by atoms with E-state index in [9.17, 15) is 0 Å². The molecule has 3 aromatic carbocycles. The number of halogens is 1. The molecule has 0 amide bonds. The maximum absolute atomic E-state index is 6.40. The highest BCUT2D eigenvalue weighted by Crippen LogP contribution is 2.36. The second-order valence-corrected chi connectivity index (χ2v) is 5.64. The van der Waals surface area contributed by atoms with Gasteiger partial charge in [-0.05, 0) is 17.1 Å². The van der Waals surface area contributed by atoms with Crippen molar-refractivity contribution in [3.8, 4) is 11.1 Å². The number of benzene rings is 3. The van der Waals surface area contributed by atoms with Gasteiger partial charge in [0.2, 0.25) is 0 Å². The largest absolute Gasteiger partial charge is 0.418 e. The molecule has 0 saturated heterocycles. The molecule has 0 aliphatic carbocycles. The predicted molar refractivity (Wildman–Crippen MR) is 92.0 cm³/mol. The van der Waals surface area contributed by atoms with Crippen LogP contribution in [0, 0.1) is 0 Å². The minimum Gasteiger partial charge on any atom is -0.418 e. The maximum atomic E-state index is 6.40.